The van der Waals surface area contributed by atoms with Crippen molar-refractivity contribution in [2.45, 2.75) is 446 Å². The molecule has 0 spiro atoms. The van der Waals surface area contributed by atoms with Gasteiger partial charge in [-0.25, -0.2) is 9.13 Å². The molecule has 606 valence electrons. The molecule has 0 aliphatic carbocycles. The fourth-order valence-electron chi connectivity index (χ4n) is 12.8. The Hall–Kier alpha value is -1.94. The molecule has 0 saturated carbocycles. The summed E-state index contributed by atoms with van der Waals surface area (Å²) in [4.78, 5) is 73.0. The Labute approximate surface area is 626 Å². The van der Waals surface area contributed by atoms with Crippen LogP contribution in [-0.2, 0) is 65.4 Å². The Morgan fingerprint density at radius 3 is 0.608 bits per heavy atom. The predicted molar refractivity (Wildman–Crippen MR) is 418 cm³/mol. The van der Waals surface area contributed by atoms with Crippen LogP contribution in [0.15, 0.2) is 0 Å². The molecule has 0 amide bonds. The van der Waals surface area contributed by atoms with E-state index in [4.69, 9.17) is 37.0 Å². The van der Waals surface area contributed by atoms with Crippen molar-refractivity contribution in [3.05, 3.63) is 0 Å². The summed E-state index contributed by atoms with van der Waals surface area (Å²) < 4.78 is 68.7. The highest BCUT2D eigenvalue weighted by Crippen LogP contribution is 2.45. The van der Waals surface area contributed by atoms with Gasteiger partial charge < -0.3 is 33.8 Å². The van der Waals surface area contributed by atoms with Crippen molar-refractivity contribution >= 4 is 39.5 Å². The van der Waals surface area contributed by atoms with Crippen LogP contribution in [0.2, 0.25) is 0 Å². The van der Waals surface area contributed by atoms with Gasteiger partial charge in [-0.2, -0.15) is 0 Å². The quantitative estimate of drug-likeness (QED) is 0.0222. The number of aliphatic hydroxyl groups is 1. The molecular weight excluding hydrogens is 1330 g/mol. The van der Waals surface area contributed by atoms with Crippen LogP contribution in [0.4, 0.5) is 0 Å². The van der Waals surface area contributed by atoms with Gasteiger partial charge in [0.2, 0.25) is 0 Å². The maximum Gasteiger partial charge on any atom is 0.472 e. The Kier molecular flexibility index (Phi) is 70.6. The van der Waals surface area contributed by atoms with Crippen molar-refractivity contribution in [1.29, 1.82) is 0 Å². The van der Waals surface area contributed by atoms with E-state index in [2.05, 4.69) is 55.4 Å². The minimum absolute atomic E-state index is 0.107. The zero-order valence-electron chi connectivity index (χ0n) is 67.2. The number of phosphoric ester groups is 2. The summed E-state index contributed by atoms with van der Waals surface area (Å²) in [5.41, 5.74) is 0. The number of unbranched alkanes of at least 4 members (excludes halogenated alkanes) is 46. The molecule has 0 aliphatic rings. The van der Waals surface area contributed by atoms with Gasteiger partial charge >= 0.3 is 39.5 Å². The van der Waals surface area contributed by atoms with Gasteiger partial charge in [0.15, 0.2) is 12.2 Å². The van der Waals surface area contributed by atoms with Gasteiger partial charge in [-0.05, 0) is 49.4 Å². The number of hydrogen-bond acceptors (Lipinski definition) is 15. The fraction of sp³-hybridized carbons (Fsp3) is 0.952. The lowest BCUT2D eigenvalue weighted by Gasteiger charge is -2.21. The molecule has 3 unspecified atom stereocenters. The highest BCUT2D eigenvalue weighted by atomic mass is 31.2. The second-order valence-electron chi connectivity index (χ2n) is 31.8. The lowest BCUT2D eigenvalue weighted by Crippen LogP contribution is -2.30. The normalized spacial score (nSPS) is 14.0. The lowest BCUT2D eigenvalue weighted by molar-refractivity contribution is -0.161. The molecule has 0 radical (unpaired) electrons. The van der Waals surface area contributed by atoms with E-state index in [9.17, 15) is 43.2 Å². The first-order valence-corrected chi connectivity index (χ1v) is 45.7. The van der Waals surface area contributed by atoms with Crippen LogP contribution in [0.25, 0.3) is 0 Å². The summed E-state index contributed by atoms with van der Waals surface area (Å²) in [5.74, 6) is 0.965. The smallest absolute Gasteiger partial charge is 0.462 e. The van der Waals surface area contributed by atoms with E-state index in [1.54, 1.807) is 0 Å². The zero-order valence-corrected chi connectivity index (χ0v) is 69.0. The molecular formula is C83H162O17P2. The number of esters is 4. The number of rotatable bonds is 80. The standard InChI is InChI=1S/C83H162O17P2/c1-73(2)59-51-43-35-28-23-19-15-11-9-10-12-17-21-25-31-40-49-57-66-83(88)100-79(70-94-81(86)64-56-48-42-34-38-46-54-62-76(7)8)72-98-102(91,92)96-68-77(84)67-95-101(89,90)97-71-78(69-93-80(85)63-55-47-39-33-27-30-37-45-53-61-75(5)6)99-82(87)65-58-50-41-32-26-22-18-14-13-16-20-24-29-36-44-52-60-74(3)4/h73-79,84H,9-72H2,1-8H3,(H,89,90)(H,91,92)/t77?,78-,79-/m1/s1. The first-order valence-electron chi connectivity index (χ1n) is 42.7. The number of aliphatic hydroxyl groups excluding tert-OH is 1. The molecule has 3 N–H and O–H groups in total. The topological polar surface area (TPSA) is 237 Å². The van der Waals surface area contributed by atoms with Crippen molar-refractivity contribution in [2.24, 2.45) is 23.7 Å². The van der Waals surface area contributed by atoms with E-state index < -0.39 is 97.5 Å². The van der Waals surface area contributed by atoms with Gasteiger partial charge in [-0.15, -0.1) is 0 Å². The molecule has 0 bridgehead atoms. The SMILES string of the molecule is CC(C)CCCCCCCCCCCCCCCCCCCCC(=O)O[C@H](COC(=O)CCCCCCCCCC(C)C)COP(=O)(O)OCC(O)COP(=O)(O)OC[C@@H](COC(=O)CCCCCCCCCCCC(C)C)OC(=O)CCCCCCCCCCCCCCCCCCC(C)C. The number of carbonyl (C=O) groups is 4. The fourth-order valence-corrected chi connectivity index (χ4v) is 14.4. The molecule has 0 rings (SSSR count). The van der Waals surface area contributed by atoms with E-state index in [0.717, 1.165) is 114 Å². The van der Waals surface area contributed by atoms with Gasteiger partial charge in [0.25, 0.3) is 0 Å². The zero-order chi connectivity index (χ0) is 75.3. The summed E-state index contributed by atoms with van der Waals surface area (Å²) in [6.45, 7) is 14.2. The molecule has 0 aromatic heterocycles. The van der Waals surface area contributed by atoms with E-state index in [1.807, 2.05) is 0 Å². The molecule has 102 heavy (non-hydrogen) atoms. The van der Waals surface area contributed by atoms with E-state index in [-0.39, 0.29) is 25.7 Å². The van der Waals surface area contributed by atoms with Crippen LogP contribution in [0.1, 0.15) is 428 Å². The third-order valence-electron chi connectivity index (χ3n) is 19.3. The Bertz CT molecular complexity index is 1990. The van der Waals surface area contributed by atoms with E-state index >= 15 is 0 Å². The average Bonchev–Trinajstić information content (AvgIpc) is 0.908. The van der Waals surface area contributed by atoms with Crippen molar-refractivity contribution in [2.75, 3.05) is 39.6 Å². The summed E-state index contributed by atoms with van der Waals surface area (Å²) in [5, 5.41) is 10.6. The first kappa shape index (κ1) is 100. The number of phosphoric acid groups is 2. The van der Waals surface area contributed by atoms with E-state index in [1.165, 1.54) is 225 Å². The molecule has 5 atom stereocenters. The summed E-state index contributed by atoms with van der Waals surface area (Å²) in [6.07, 6.45) is 59.9. The largest absolute Gasteiger partial charge is 0.472 e. The lowest BCUT2D eigenvalue weighted by atomic mass is 10.0. The van der Waals surface area contributed by atoms with Crippen LogP contribution in [0.3, 0.4) is 0 Å². The summed E-state index contributed by atoms with van der Waals surface area (Å²) >= 11 is 0. The van der Waals surface area contributed by atoms with Crippen LogP contribution < -0.4 is 0 Å². The van der Waals surface area contributed by atoms with Crippen LogP contribution in [-0.4, -0.2) is 96.7 Å². The minimum Gasteiger partial charge on any atom is -0.462 e. The molecule has 0 aromatic carbocycles. The van der Waals surface area contributed by atoms with Crippen LogP contribution in [0, 0.1) is 23.7 Å². The first-order chi connectivity index (χ1) is 49.1. The van der Waals surface area contributed by atoms with Gasteiger partial charge in [0, 0.05) is 25.7 Å². The van der Waals surface area contributed by atoms with Crippen molar-refractivity contribution in [3.63, 3.8) is 0 Å². The number of hydrogen-bond donors (Lipinski definition) is 3. The molecule has 0 aromatic rings. The summed E-state index contributed by atoms with van der Waals surface area (Å²) in [6, 6.07) is 0. The molecule has 0 heterocycles. The van der Waals surface area contributed by atoms with Crippen molar-refractivity contribution < 1.29 is 80.2 Å². The maximum absolute atomic E-state index is 13.1. The second-order valence-corrected chi connectivity index (χ2v) is 34.7. The molecule has 0 aliphatic heterocycles. The van der Waals surface area contributed by atoms with Gasteiger partial charge in [0.1, 0.15) is 19.3 Å². The van der Waals surface area contributed by atoms with Crippen molar-refractivity contribution in [1.82, 2.24) is 0 Å². The third kappa shape index (κ3) is 76.3. The highest BCUT2D eigenvalue weighted by molar-refractivity contribution is 7.47. The van der Waals surface area contributed by atoms with Crippen LogP contribution in [0.5, 0.6) is 0 Å². The third-order valence-corrected chi connectivity index (χ3v) is 21.2. The van der Waals surface area contributed by atoms with E-state index in [0.29, 0.717) is 31.6 Å². The van der Waals surface area contributed by atoms with Gasteiger partial charge in [0.05, 0.1) is 26.4 Å². The Morgan fingerprint density at radius 1 is 0.245 bits per heavy atom. The highest BCUT2D eigenvalue weighted by Gasteiger charge is 2.30. The van der Waals surface area contributed by atoms with Gasteiger partial charge in [-0.3, -0.25) is 37.3 Å². The molecule has 0 fully saturated rings. The molecule has 19 heteroatoms. The van der Waals surface area contributed by atoms with Gasteiger partial charge in [-0.1, -0.05) is 376 Å². The monoisotopic (exact) mass is 1490 g/mol. The minimum atomic E-state index is -4.96. The predicted octanol–water partition coefficient (Wildman–Crippen LogP) is 24.8. The Balaban J connectivity index is 5.19. The number of carbonyl (C=O) groups excluding carboxylic acids is 4. The number of ether oxygens (including phenoxy) is 4. The molecule has 0 saturated heterocycles. The Morgan fingerprint density at radius 2 is 0.412 bits per heavy atom. The van der Waals surface area contributed by atoms with Crippen molar-refractivity contribution in [3.8, 4) is 0 Å². The average molecular weight is 1490 g/mol. The molecule has 17 nitrogen and oxygen atoms in total. The maximum atomic E-state index is 13.1. The second kappa shape index (κ2) is 72.0. The summed E-state index contributed by atoms with van der Waals surface area (Å²) in [7, 11) is -9.92. The van der Waals surface area contributed by atoms with Crippen LogP contribution >= 0.6 is 15.6 Å².